The van der Waals surface area contributed by atoms with Crippen molar-refractivity contribution in [2.24, 2.45) is 0 Å². The van der Waals surface area contributed by atoms with Crippen LogP contribution < -0.4 is 0 Å². The van der Waals surface area contributed by atoms with Crippen molar-refractivity contribution in [1.29, 1.82) is 0 Å². The maximum Gasteiger partial charge on any atom is 0.245 e. The fraction of sp³-hybridized carbons (Fsp3) is 0.571. The summed E-state index contributed by atoms with van der Waals surface area (Å²) in [5.74, 6) is 2.39. The number of piperazine rings is 1. The molecule has 3 rings (SSSR count). The van der Waals surface area contributed by atoms with Crippen LogP contribution in [0.25, 0.3) is 0 Å². The van der Waals surface area contributed by atoms with Crippen LogP contribution in [0.1, 0.15) is 23.5 Å². The maximum absolute atomic E-state index is 5.76. The van der Waals surface area contributed by atoms with Gasteiger partial charge < -0.3 is 8.94 Å². The molecule has 7 heteroatoms. The van der Waals surface area contributed by atoms with Gasteiger partial charge in [0.05, 0.1) is 6.54 Å². The van der Waals surface area contributed by atoms with Gasteiger partial charge in [-0.05, 0) is 32.4 Å². The summed E-state index contributed by atoms with van der Waals surface area (Å²) in [7, 11) is 2.10. The van der Waals surface area contributed by atoms with Crippen LogP contribution in [-0.4, -0.2) is 52.9 Å². The van der Waals surface area contributed by atoms with E-state index in [1.54, 1.807) is 11.8 Å². The molecule has 2 aromatic heterocycles. The van der Waals surface area contributed by atoms with Crippen LogP contribution >= 0.6 is 11.8 Å². The molecule has 0 N–H and O–H groups in total. The highest BCUT2D eigenvalue weighted by Gasteiger charge is 2.30. The average molecular weight is 308 g/mol. The number of rotatable bonds is 4. The number of likely N-dealkylation sites (N-methyl/N-ethyl adjacent to an activating group) is 1. The van der Waals surface area contributed by atoms with Crippen molar-refractivity contribution < 1.29 is 8.94 Å². The molecule has 0 spiro atoms. The van der Waals surface area contributed by atoms with E-state index in [9.17, 15) is 0 Å². The lowest BCUT2D eigenvalue weighted by Gasteiger charge is -2.37. The highest BCUT2D eigenvalue weighted by molar-refractivity contribution is 7.98. The molecule has 0 saturated carbocycles. The van der Waals surface area contributed by atoms with Crippen LogP contribution in [0.2, 0.25) is 0 Å². The highest BCUT2D eigenvalue weighted by Crippen LogP contribution is 2.25. The number of nitrogens with zero attached hydrogens (tertiary/aromatic N) is 4. The lowest BCUT2D eigenvalue weighted by molar-refractivity contribution is 0.0667. The van der Waals surface area contributed by atoms with E-state index in [2.05, 4.69) is 33.1 Å². The van der Waals surface area contributed by atoms with Gasteiger partial charge in [-0.2, -0.15) is 4.98 Å². The molecule has 1 atom stereocenters. The Morgan fingerprint density at radius 3 is 2.90 bits per heavy atom. The summed E-state index contributed by atoms with van der Waals surface area (Å²) in [4.78, 5) is 9.00. The van der Waals surface area contributed by atoms with Gasteiger partial charge in [0, 0.05) is 19.6 Å². The van der Waals surface area contributed by atoms with Gasteiger partial charge in [-0.1, -0.05) is 16.9 Å². The van der Waals surface area contributed by atoms with Crippen molar-refractivity contribution in [1.82, 2.24) is 19.9 Å². The van der Waals surface area contributed by atoms with Gasteiger partial charge in [0.15, 0.2) is 10.9 Å². The topological polar surface area (TPSA) is 58.5 Å². The molecular weight excluding hydrogens is 288 g/mol. The third-order valence-electron chi connectivity index (χ3n) is 3.78. The van der Waals surface area contributed by atoms with Crippen LogP contribution in [0, 0.1) is 6.92 Å². The number of thioether (sulfide) groups is 1. The molecule has 0 amide bonds. The van der Waals surface area contributed by atoms with E-state index >= 15 is 0 Å². The molecule has 0 bridgehead atoms. The molecule has 0 unspecified atom stereocenters. The molecule has 1 fully saturated rings. The molecule has 1 aliphatic rings. The Morgan fingerprint density at radius 2 is 2.24 bits per heavy atom. The minimum Gasteiger partial charge on any atom is -0.454 e. The first-order chi connectivity index (χ1) is 10.2. The smallest absolute Gasteiger partial charge is 0.245 e. The molecule has 21 heavy (non-hydrogen) atoms. The average Bonchev–Trinajstić information content (AvgIpc) is 3.10. The summed E-state index contributed by atoms with van der Waals surface area (Å²) in [5.41, 5.74) is 0. The van der Waals surface area contributed by atoms with Gasteiger partial charge in [-0.25, -0.2) is 0 Å². The van der Waals surface area contributed by atoms with Gasteiger partial charge in [-0.3, -0.25) is 9.80 Å². The molecule has 0 radical (unpaired) electrons. The lowest BCUT2D eigenvalue weighted by atomic mass is 10.1. The van der Waals surface area contributed by atoms with E-state index in [0.29, 0.717) is 11.7 Å². The summed E-state index contributed by atoms with van der Waals surface area (Å²) < 4.78 is 11.1. The lowest BCUT2D eigenvalue weighted by Crippen LogP contribution is -2.46. The van der Waals surface area contributed by atoms with Crippen molar-refractivity contribution >= 4 is 11.8 Å². The zero-order valence-electron chi connectivity index (χ0n) is 12.6. The zero-order valence-corrected chi connectivity index (χ0v) is 13.4. The van der Waals surface area contributed by atoms with E-state index in [-0.39, 0.29) is 6.04 Å². The van der Waals surface area contributed by atoms with Crippen molar-refractivity contribution in [2.45, 2.75) is 24.6 Å². The van der Waals surface area contributed by atoms with E-state index in [1.165, 1.54) is 0 Å². The van der Waals surface area contributed by atoms with E-state index in [0.717, 1.165) is 37.0 Å². The third-order valence-corrected chi connectivity index (χ3v) is 4.40. The molecule has 114 valence electrons. The Kier molecular flexibility index (Phi) is 4.32. The second kappa shape index (κ2) is 6.21. The number of hydrogen-bond donors (Lipinski definition) is 0. The van der Waals surface area contributed by atoms with Gasteiger partial charge >= 0.3 is 0 Å². The van der Waals surface area contributed by atoms with Crippen molar-refractivity contribution in [3.8, 4) is 0 Å². The number of aryl methyl sites for hydroxylation is 1. The molecule has 0 aliphatic carbocycles. The Bertz CT molecular complexity index is 597. The molecule has 6 nitrogen and oxygen atoms in total. The quantitative estimate of drug-likeness (QED) is 0.802. The molecule has 1 aliphatic heterocycles. The summed E-state index contributed by atoms with van der Waals surface area (Å²) in [6, 6.07) is 4.22. The molecule has 1 saturated heterocycles. The summed E-state index contributed by atoms with van der Waals surface area (Å²) in [6.07, 6.45) is 2.02. The summed E-state index contributed by atoms with van der Waals surface area (Å²) in [6.45, 7) is 5.52. The monoisotopic (exact) mass is 308 g/mol. The standard InChI is InChI=1S/C14H20N4O2S/c1-10-15-14(20-16-10)12-9-18(7-6-17(12)2)8-11-4-5-13(19-11)21-3/h4-5,12H,6-9H2,1-3H3/t12-/m0/s1. The normalized spacial score (nSPS) is 21.0. The minimum absolute atomic E-state index is 0.148. The fourth-order valence-corrected chi connectivity index (χ4v) is 2.96. The van der Waals surface area contributed by atoms with Crippen LogP contribution in [0.5, 0.6) is 0 Å². The van der Waals surface area contributed by atoms with Crippen LogP contribution in [-0.2, 0) is 6.54 Å². The Labute approximate surface area is 128 Å². The first kappa shape index (κ1) is 14.6. The maximum atomic E-state index is 5.76. The summed E-state index contributed by atoms with van der Waals surface area (Å²) >= 11 is 1.63. The largest absolute Gasteiger partial charge is 0.454 e. The van der Waals surface area contributed by atoms with Crippen molar-refractivity contribution in [3.05, 3.63) is 29.6 Å². The van der Waals surface area contributed by atoms with Crippen molar-refractivity contribution in [3.63, 3.8) is 0 Å². The fourth-order valence-electron chi connectivity index (χ4n) is 2.56. The molecular formula is C14H20N4O2S. The molecule has 0 aromatic carbocycles. The van der Waals surface area contributed by atoms with Gasteiger partial charge in [0.25, 0.3) is 0 Å². The van der Waals surface area contributed by atoms with Gasteiger partial charge in [-0.15, -0.1) is 0 Å². The number of aromatic nitrogens is 2. The Morgan fingerprint density at radius 1 is 1.38 bits per heavy atom. The predicted molar refractivity (Wildman–Crippen MR) is 80.2 cm³/mol. The SMILES string of the molecule is CSc1ccc(CN2CCN(C)[C@H](c3nc(C)no3)C2)o1. The third kappa shape index (κ3) is 3.30. The minimum atomic E-state index is 0.148. The number of hydrogen-bond acceptors (Lipinski definition) is 7. The Balaban J connectivity index is 1.67. The van der Waals surface area contributed by atoms with Gasteiger partial charge in [0.1, 0.15) is 11.8 Å². The van der Waals surface area contributed by atoms with Crippen LogP contribution in [0.4, 0.5) is 0 Å². The van der Waals surface area contributed by atoms with E-state index < -0.39 is 0 Å². The molecule has 3 heterocycles. The molecule has 2 aromatic rings. The van der Waals surface area contributed by atoms with Crippen LogP contribution in [0.15, 0.2) is 26.2 Å². The Hall–Kier alpha value is -1.31. The van der Waals surface area contributed by atoms with E-state index in [1.807, 2.05) is 19.2 Å². The first-order valence-electron chi connectivity index (χ1n) is 7.01. The van der Waals surface area contributed by atoms with Gasteiger partial charge in [0.2, 0.25) is 5.89 Å². The second-order valence-corrected chi connectivity index (χ2v) is 6.15. The zero-order chi connectivity index (χ0) is 14.8. The first-order valence-corrected chi connectivity index (χ1v) is 8.23. The highest BCUT2D eigenvalue weighted by atomic mass is 32.2. The van der Waals surface area contributed by atoms with E-state index in [4.69, 9.17) is 8.94 Å². The second-order valence-electron chi connectivity index (χ2n) is 5.34. The number of furan rings is 1. The summed E-state index contributed by atoms with van der Waals surface area (Å²) in [5, 5.41) is 4.86. The van der Waals surface area contributed by atoms with Crippen molar-refractivity contribution in [2.75, 3.05) is 32.9 Å². The predicted octanol–water partition coefficient (Wildman–Crippen LogP) is 2.18. The van der Waals surface area contributed by atoms with Crippen LogP contribution in [0.3, 0.4) is 0 Å².